The zero-order valence-electron chi connectivity index (χ0n) is 10.2. The molecule has 0 atom stereocenters. The second-order valence-electron chi connectivity index (χ2n) is 3.91. The number of nitrogens with one attached hydrogen (secondary N) is 2. The number of rotatable bonds is 5. The molecule has 0 aliphatic carbocycles. The number of aromatic nitrogens is 2. The van der Waals surface area contributed by atoms with Crippen LogP contribution in [0.1, 0.15) is 17.0 Å². The zero-order valence-corrected chi connectivity index (χ0v) is 10.2. The van der Waals surface area contributed by atoms with Gasteiger partial charge in [0.05, 0.1) is 0 Å². The van der Waals surface area contributed by atoms with Crippen LogP contribution in [0, 0.1) is 6.92 Å². The first-order valence-electron chi connectivity index (χ1n) is 5.66. The Bertz CT molecular complexity index is 465. The number of nitrogens with zero attached hydrogens (tertiary/aromatic N) is 1. The molecule has 0 bridgehead atoms. The monoisotopic (exact) mass is 231 g/mol. The molecule has 0 fully saturated rings. The quantitative estimate of drug-likeness (QED) is 0.827. The Hall–Kier alpha value is -1.81. The minimum Gasteiger partial charge on any atom is -0.487 e. The highest BCUT2D eigenvalue weighted by molar-refractivity contribution is 5.25. The van der Waals surface area contributed by atoms with Crippen LogP contribution in [0.2, 0.25) is 0 Å². The second-order valence-corrected chi connectivity index (χ2v) is 3.91. The maximum Gasteiger partial charge on any atom is 0.132 e. The molecular weight excluding hydrogens is 214 g/mol. The molecule has 4 heteroatoms. The molecule has 2 aromatic rings. The number of hydrogen-bond acceptors (Lipinski definition) is 3. The molecule has 0 spiro atoms. The first-order chi connectivity index (χ1) is 8.31. The molecule has 0 saturated heterocycles. The van der Waals surface area contributed by atoms with Crippen molar-refractivity contribution in [2.75, 3.05) is 7.05 Å². The molecule has 0 saturated carbocycles. The third-order valence-corrected chi connectivity index (χ3v) is 2.63. The molecule has 1 aromatic carbocycles. The topological polar surface area (TPSA) is 49.9 Å². The van der Waals surface area contributed by atoms with Crippen LogP contribution in [0.3, 0.4) is 0 Å². The molecule has 0 unspecified atom stereocenters. The molecule has 1 heterocycles. The largest absolute Gasteiger partial charge is 0.487 e. The fourth-order valence-electron chi connectivity index (χ4n) is 1.70. The summed E-state index contributed by atoms with van der Waals surface area (Å²) in [5, 5.41) is 10.4. The highest BCUT2D eigenvalue weighted by atomic mass is 16.5. The summed E-state index contributed by atoms with van der Waals surface area (Å²) in [5.41, 5.74) is 3.23. The number of benzene rings is 1. The van der Waals surface area contributed by atoms with Crippen molar-refractivity contribution in [2.24, 2.45) is 0 Å². The van der Waals surface area contributed by atoms with Gasteiger partial charge in [0.2, 0.25) is 0 Å². The predicted octanol–water partition coefficient (Wildman–Crippen LogP) is 2.02. The molecule has 0 aliphatic heterocycles. The van der Waals surface area contributed by atoms with Crippen molar-refractivity contribution < 1.29 is 4.74 Å². The third-order valence-electron chi connectivity index (χ3n) is 2.63. The molecule has 17 heavy (non-hydrogen) atoms. The van der Waals surface area contributed by atoms with Crippen molar-refractivity contribution in [2.45, 2.75) is 20.1 Å². The van der Waals surface area contributed by atoms with Gasteiger partial charge in [-0.25, -0.2) is 0 Å². The standard InChI is InChI=1S/C13H17N3O/c1-10-12(8-14-2)13(16-15-10)9-17-11-6-4-3-5-7-11/h3-7,14H,8-9H2,1-2H3,(H,15,16). The summed E-state index contributed by atoms with van der Waals surface area (Å²) in [5.74, 6) is 0.864. The molecule has 2 N–H and O–H groups in total. The van der Waals surface area contributed by atoms with Crippen LogP contribution >= 0.6 is 0 Å². The SMILES string of the molecule is CNCc1c(COc2ccccc2)n[nH]c1C. The van der Waals surface area contributed by atoms with Crippen LogP contribution in [0.5, 0.6) is 5.75 Å². The van der Waals surface area contributed by atoms with E-state index in [2.05, 4.69) is 15.5 Å². The van der Waals surface area contributed by atoms with E-state index in [9.17, 15) is 0 Å². The van der Waals surface area contributed by atoms with Gasteiger partial charge in [-0.05, 0) is 26.1 Å². The Kier molecular flexibility index (Phi) is 3.77. The van der Waals surface area contributed by atoms with Crippen LogP contribution in [0.15, 0.2) is 30.3 Å². The van der Waals surface area contributed by atoms with Crippen molar-refractivity contribution in [1.29, 1.82) is 0 Å². The Balaban J connectivity index is 2.04. The van der Waals surface area contributed by atoms with E-state index >= 15 is 0 Å². The van der Waals surface area contributed by atoms with Gasteiger partial charge in [0.15, 0.2) is 0 Å². The molecular formula is C13H17N3O. The van der Waals surface area contributed by atoms with Crippen LogP contribution in [0.4, 0.5) is 0 Å². The van der Waals surface area contributed by atoms with Crippen molar-refractivity contribution in [3.05, 3.63) is 47.3 Å². The zero-order chi connectivity index (χ0) is 12.1. The van der Waals surface area contributed by atoms with E-state index in [0.717, 1.165) is 23.7 Å². The van der Waals surface area contributed by atoms with E-state index in [1.54, 1.807) is 0 Å². The van der Waals surface area contributed by atoms with Gasteiger partial charge in [-0.3, -0.25) is 5.10 Å². The minimum absolute atomic E-state index is 0.491. The first-order valence-corrected chi connectivity index (χ1v) is 5.66. The van der Waals surface area contributed by atoms with E-state index in [1.807, 2.05) is 44.3 Å². The number of hydrogen-bond donors (Lipinski definition) is 2. The van der Waals surface area contributed by atoms with Crippen molar-refractivity contribution in [1.82, 2.24) is 15.5 Å². The number of aromatic amines is 1. The number of para-hydroxylation sites is 1. The van der Waals surface area contributed by atoms with E-state index in [0.29, 0.717) is 6.61 Å². The maximum absolute atomic E-state index is 5.68. The van der Waals surface area contributed by atoms with E-state index in [4.69, 9.17) is 4.74 Å². The summed E-state index contributed by atoms with van der Waals surface area (Å²) in [6.07, 6.45) is 0. The molecule has 90 valence electrons. The summed E-state index contributed by atoms with van der Waals surface area (Å²) >= 11 is 0. The lowest BCUT2D eigenvalue weighted by Gasteiger charge is -2.06. The van der Waals surface area contributed by atoms with Crippen LogP contribution in [-0.4, -0.2) is 17.2 Å². The fraction of sp³-hybridized carbons (Fsp3) is 0.308. The molecule has 0 radical (unpaired) electrons. The first kappa shape index (κ1) is 11.7. The van der Waals surface area contributed by atoms with Crippen molar-refractivity contribution in [3.63, 3.8) is 0 Å². The predicted molar refractivity (Wildman–Crippen MR) is 66.9 cm³/mol. The third kappa shape index (κ3) is 2.85. The second kappa shape index (κ2) is 5.50. The highest BCUT2D eigenvalue weighted by Gasteiger charge is 2.09. The lowest BCUT2D eigenvalue weighted by molar-refractivity contribution is 0.299. The van der Waals surface area contributed by atoms with Gasteiger partial charge in [-0.15, -0.1) is 0 Å². The number of ether oxygens (including phenoxy) is 1. The van der Waals surface area contributed by atoms with Gasteiger partial charge < -0.3 is 10.1 Å². The van der Waals surface area contributed by atoms with E-state index in [-0.39, 0.29) is 0 Å². The lowest BCUT2D eigenvalue weighted by atomic mass is 10.2. The molecule has 1 aromatic heterocycles. The van der Waals surface area contributed by atoms with Crippen molar-refractivity contribution in [3.8, 4) is 5.75 Å². The van der Waals surface area contributed by atoms with Crippen molar-refractivity contribution >= 4 is 0 Å². The summed E-state index contributed by atoms with van der Waals surface area (Å²) < 4.78 is 5.68. The van der Waals surface area contributed by atoms with Crippen LogP contribution < -0.4 is 10.1 Å². The van der Waals surface area contributed by atoms with Crippen LogP contribution in [-0.2, 0) is 13.2 Å². The smallest absolute Gasteiger partial charge is 0.132 e. The maximum atomic E-state index is 5.68. The van der Waals surface area contributed by atoms with Gasteiger partial charge in [-0.2, -0.15) is 5.10 Å². The Morgan fingerprint density at radius 3 is 2.76 bits per heavy atom. The number of H-pyrrole nitrogens is 1. The van der Waals surface area contributed by atoms with Crippen LogP contribution in [0.25, 0.3) is 0 Å². The van der Waals surface area contributed by atoms with Gasteiger partial charge in [0.25, 0.3) is 0 Å². The lowest BCUT2D eigenvalue weighted by Crippen LogP contribution is -2.09. The summed E-state index contributed by atoms with van der Waals surface area (Å²) in [6, 6.07) is 9.77. The average Bonchev–Trinajstić information content (AvgIpc) is 2.70. The molecule has 0 amide bonds. The summed E-state index contributed by atoms with van der Waals surface area (Å²) in [4.78, 5) is 0. The molecule has 4 nitrogen and oxygen atoms in total. The fourth-order valence-corrected chi connectivity index (χ4v) is 1.70. The average molecular weight is 231 g/mol. The van der Waals surface area contributed by atoms with Gasteiger partial charge >= 0.3 is 0 Å². The van der Waals surface area contributed by atoms with E-state index in [1.165, 1.54) is 5.56 Å². The normalized spacial score (nSPS) is 10.5. The van der Waals surface area contributed by atoms with E-state index < -0.39 is 0 Å². The Morgan fingerprint density at radius 2 is 2.06 bits per heavy atom. The van der Waals surface area contributed by atoms with Gasteiger partial charge in [0, 0.05) is 17.8 Å². The summed E-state index contributed by atoms with van der Waals surface area (Å²) in [6.45, 7) is 3.31. The number of aryl methyl sites for hydroxylation is 1. The van der Waals surface area contributed by atoms with Gasteiger partial charge in [0.1, 0.15) is 18.1 Å². The minimum atomic E-state index is 0.491. The summed E-state index contributed by atoms with van der Waals surface area (Å²) in [7, 11) is 1.92. The molecule has 2 rings (SSSR count). The molecule has 0 aliphatic rings. The Morgan fingerprint density at radius 1 is 1.29 bits per heavy atom. The Labute approximate surface area is 101 Å². The van der Waals surface area contributed by atoms with Gasteiger partial charge in [-0.1, -0.05) is 18.2 Å². The highest BCUT2D eigenvalue weighted by Crippen LogP contribution is 2.14.